The van der Waals surface area contributed by atoms with Crippen LogP contribution in [0, 0.1) is 5.92 Å². The van der Waals surface area contributed by atoms with Crippen molar-refractivity contribution in [1.82, 2.24) is 16.0 Å². The van der Waals surface area contributed by atoms with Gasteiger partial charge in [0, 0.05) is 19.1 Å². The summed E-state index contributed by atoms with van der Waals surface area (Å²) < 4.78 is 0. The summed E-state index contributed by atoms with van der Waals surface area (Å²) in [5, 5.41) is 8.81. The normalized spacial score (nSPS) is 22.3. The van der Waals surface area contributed by atoms with Crippen LogP contribution < -0.4 is 21.7 Å². The molecule has 2 rings (SSSR count). The van der Waals surface area contributed by atoms with E-state index < -0.39 is 5.54 Å². The van der Waals surface area contributed by atoms with E-state index in [1.54, 1.807) is 0 Å². The van der Waals surface area contributed by atoms with Gasteiger partial charge in [-0.05, 0) is 38.5 Å². The lowest BCUT2D eigenvalue weighted by Crippen LogP contribution is -2.62. The van der Waals surface area contributed by atoms with Gasteiger partial charge in [-0.15, -0.1) is 0 Å². The minimum atomic E-state index is -0.763. The second-order valence-electron chi connectivity index (χ2n) is 6.99. The Balaban J connectivity index is 2.00. The van der Waals surface area contributed by atoms with Gasteiger partial charge < -0.3 is 21.7 Å². The molecule has 0 heterocycles. The lowest BCUT2D eigenvalue weighted by Gasteiger charge is -2.35. The molecule has 0 aromatic heterocycles. The van der Waals surface area contributed by atoms with E-state index in [0.717, 1.165) is 25.7 Å². The monoisotopic (exact) mass is 324 g/mol. The van der Waals surface area contributed by atoms with Crippen molar-refractivity contribution in [2.24, 2.45) is 11.7 Å². The van der Waals surface area contributed by atoms with Gasteiger partial charge >= 0.3 is 6.03 Å². The molecule has 0 radical (unpaired) electrons. The molecule has 3 amide bonds. The summed E-state index contributed by atoms with van der Waals surface area (Å²) in [5.41, 5.74) is 5.17. The molecule has 2 aliphatic carbocycles. The second-order valence-corrected chi connectivity index (χ2v) is 6.99. The Hall–Kier alpha value is -1.30. The van der Waals surface area contributed by atoms with Gasteiger partial charge in [0.2, 0.25) is 5.91 Å². The molecule has 1 unspecified atom stereocenters. The fourth-order valence-electron chi connectivity index (χ4n) is 4.02. The summed E-state index contributed by atoms with van der Waals surface area (Å²) in [5.74, 6) is 0.419. The summed E-state index contributed by atoms with van der Waals surface area (Å²) >= 11 is 0. The zero-order valence-corrected chi connectivity index (χ0v) is 14.3. The smallest absolute Gasteiger partial charge is 0.315 e. The molecule has 2 aliphatic rings. The van der Waals surface area contributed by atoms with E-state index in [1.165, 1.54) is 19.3 Å². The van der Waals surface area contributed by atoms with Gasteiger partial charge in [-0.3, -0.25) is 4.79 Å². The van der Waals surface area contributed by atoms with Gasteiger partial charge in [0.15, 0.2) is 0 Å². The van der Waals surface area contributed by atoms with Gasteiger partial charge in [-0.25, -0.2) is 4.79 Å². The summed E-state index contributed by atoms with van der Waals surface area (Å²) in [7, 11) is 0. The quantitative estimate of drug-likeness (QED) is 0.598. The molecule has 0 spiro atoms. The Morgan fingerprint density at radius 2 is 1.78 bits per heavy atom. The average Bonchev–Trinajstić information content (AvgIpc) is 3.03. The predicted octanol–water partition coefficient (Wildman–Crippen LogP) is 1.64. The fourth-order valence-corrected chi connectivity index (χ4v) is 4.02. The van der Waals surface area contributed by atoms with Crippen LogP contribution in [0.2, 0.25) is 0 Å². The zero-order valence-electron chi connectivity index (χ0n) is 14.3. The molecule has 0 aromatic rings. The largest absolute Gasteiger partial charge is 0.350 e. The topological polar surface area (TPSA) is 96.2 Å². The summed E-state index contributed by atoms with van der Waals surface area (Å²) in [6.45, 7) is 2.89. The van der Waals surface area contributed by atoms with Crippen LogP contribution in [0.15, 0.2) is 0 Å². The number of nitrogens with two attached hydrogens (primary N) is 1. The lowest BCUT2D eigenvalue weighted by atomic mass is 9.83. The maximum absolute atomic E-state index is 12.9. The van der Waals surface area contributed by atoms with Gasteiger partial charge in [0.05, 0.1) is 0 Å². The van der Waals surface area contributed by atoms with Crippen LogP contribution in [-0.2, 0) is 4.79 Å². The molecule has 6 nitrogen and oxygen atoms in total. The Bertz CT molecular complexity index is 401. The molecule has 6 heteroatoms. The van der Waals surface area contributed by atoms with Crippen LogP contribution in [0.4, 0.5) is 4.79 Å². The predicted molar refractivity (Wildman–Crippen MR) is 91.0 cm³/mol. The summed E-state index contributed by atoms with van der Waals surface area (Å²) in [6.07, 6.45) is 9.35. The van der Waals surface area contributed by atoms with Crippen molar-refractivity contribution < 1.29 is 9.59 Å². The SMILES string of the molecule is CCNC(=O)NC1(C(=O)NC(CN)C2CCCCC2)CCCC1. The molecule has 0 aliphatic heterocycles. The number of hydrogen-bond donors (Lipinski definition) is 4. The van der Waals surface area contributed by atoms with Crippen LogP contribution in [0.25, 0.3) is 0 Å². The van der Waals surface area contributed by atoms with Crippen LogP contribution in [0.3, 0.4) is 0 Å². The summed E-state index contributed by atoms with van der Waals surface area (Å²) in [6, 6.07) is -0.233. The van der Waals surface area contributed by atoms with Crippen LogP contribution in [0.5, 0.6) is 0 Å². The molecule has 132 valence electrons. The molecule has 1 atom stereocenters. The third kappa shape index (κ3) is 4.59. The molecule has 2 fully saturated rings. The highest BCUT2D eigenvalue weighted by molar-refractivity contribution is 5.91. The van der Waals surface area contributed by atoms with Crippen LogP contribution in [-0.4, -0.2) is 36.6 Å². The number of carbonyl (C=O) groups is 2. The maximum atomic E-state index is 12.9. The number of hydrogen-bond acceptors (Lipinski definition) is 3. The highest BCUT2D eigenvalue weighted by Crippen LogP contribution is 2.31. The molecular formula is C17H32N4O2. The first-order valence-corrected chi connectivity index (χ1v) is 9.18. The number of nitrogens with one attached hydrogen (secondary N) is 3. The van der Waals surface area contributed by atoms with Crippen molar-refractivity contribution >= 4 is 11.9 Å². The number of carbonyl (C=O) groups excluding carboxylic acids is 2. The van der Waals surface area contributed by atoms with Crippen molar-refractivity contribution in [2.45, 2.75) is 76.3 Å². The van der Waals surface area contributed by atoms with Gasteiger partial charge in [-0.1, -0.05) is 32.1 Å². The molecule has 0 saturated heterocycles. The highest BCUT2D eigenvalue weighted by Gasteiger charge is 2.43. The molecule has 5 N–H and O–H groups in total. The van der Waals surface area contributed by atoms with Crippen molar-refractivity contribution in [2.75, 3.05) is 13.1 Å². The van der Waals surface area contributed by atoms with E-state index in [1.807, 2.05) is 6.92 Å². The third-order valence-electron chi connectivity index (χ3n) is 5.37. The molecule has 0 aromatic carbocycles. The van der Waals surface area contributed by atoms with Crippen molar-refractivity contribution in [3.63, 3.8) is 0 Å². The van der Waals surface area contributed by atoms with E-state index in [4.69, 9.17) is 5.73 Å². The van der Waals surface area contributed by atoms with Crippen molar-refractivity contribution in [3.8, 4) is 0 Å². The summed E-state index contributed by atoms with van der Waals surface area (Å²) in [4.78, 5) is 24.8. The minimum Gasteiger partial charge on any atom is -0.350 e. The first kappa shape index (κ1) is 18.0. The van der Waals surface area contributed by atoms with Gasteiger partial charge in [-0.2, -0.15) is 0 Å². The second kappa shape index (κ2) is 8.52. The van der Waals surface area contributed by atoms with E-state index in [0.29, 0.717) is 31.8 Å². The van der Waals surface area contributed by atoms with Crippen molar-refractivity contribution in [3.05, 3.63) is 0 Å². The third-order valence-corrected chi connectivity index (χ3v) is 5.37. The van der Waals surface area contributed by atoms with Crippen molar-refractivity contribution in [1.29, 1.82) is 0 Å². The molecule has 0 bridgehead atoms. The number of rotatable bonds is 6. The number of amides is 3. The first-order valence-electron chi connectivity index (χ1n) is 9.18. The van der Waals surface area contributed by atoms with E-state index in [9.17, 15) is 9.59 Å². The molecule has 23 heavy (non-hydrogen) atoms. The highest BCUT2D eigenvalue weighted by atomic mass is 16.2. The Kier molecular flexibility index (Phi) is 6.69. The number of urea groups is 1. The standard InChI is InChI=1S/C17H32N4O2/c1-2-19-16(23)21-17(10-6-7-11-17)15(22)20-14(12-18)13-8-4-3-5-9-13/h13-14H,2-12,18H2,1H3,(H,20,22)(H2,19,21,23). The maximum Gasteiger partial charge on any atom is 0.315 e. The van der Waals surface area contributed by atoms with Crippen LogP contribution in [0.1, 0.15) is 64.7 Å². The fraction of sp³-hybridized carbons (Fsp3) is 0.882. The Morgan fingerprint density at radius 3 is 2.35 bits per heavy atom. The molecular weight excluding hydrogens is 292 g/mol. The van der Waals surface area contributed by atoms with E-state index in [2.05, 4.69) is 16.0 Å². The Labute approximate surface area is 139 Å². The van der Waals surface area contributed by atoms with E-state index >= 15 is 0 Å². The Morgan fingerprint density at radius 1 is 1.13 bits per heavy atom. The molecule has 2 saturated carbocycles. The first-order chi connectivity index (χ1) is 11.1. The zero-order chi connectivity index (χ0) is 16.7. The lowest BCUT2D eigenvalue weighted by molar-refractivity contribution is -0.128. The average molecular weight is 324 g/mol. The van der Waals surface area contributed by atoms with Crippen LogP contribution >= 0.6 is 0 Å². The van der Waals surface area contributed by atoms with E-state index in [-0.39, 0.29) is 18.0 Å². The minimum absolute atomic E-state index is 0.0244. The van der Waals surface area contributed by atoms with Gasteiger partial charge in [0.25, 0.3) is 0 Å². The van der Waals surface area contributed by atoms with Gasteiger partial charge in [0.1, 0.15) is 5.54 Å².